The van der Waals surface area contributed by atoms with E-state index in [0.717, 1.165) is 0 Å². The minimum atomic E-state index is -0.292. The lowest BCUT2D eigenvalue weighted by atomic mass is 10.0. The van der Waals surface area contributed by atoms with Gasteiger partial charge in [-0.3, -0.25) is 9.59 Å². The molecular weight excluding hydrogens is 322 g/mol. The van der Waals surface area contributed by atoms with Gasteiger partial charge in [0.2, 0.25) is 0 Å². The van der Waals surface area contributed by atoms with Gasteiger partial charge in [-0.2, -0.15) is 0 Å². The van der Waals surface area contributed by atoms with E-state index in [1.165, 1.54) is 0 Å². The number of anilines is 1. The van der Waals surface area contributed by atoms with Gasteiger partial charge in [0, 0.05) is 21.7 Å². The van der Waals surface area contributed by atoms with Gasteiger partial charge in [0.1, 0.15) is 0 Å². The van der Waals surface area contributed by atoms with E-state index in [4.69, 9.17) is 11.6 Å². The number of hydrogen-bond donors (Lipinski definition) is 1. The number of halogens is 1. The molecule has 3 nitrogen and oxygen atoms in total. The lowest BCUT2D eigenvalue weighted by Gasteiger charge is -2.10. The largest absolute Gasteiger partial charge is 0.321 e. The molecule has 0 saturated heterocycles. The van der Waals surface area contributed by atoms with E-state index in [2.05, 4.69) is 5.32 Å². The highest BCUT2D eigenvalue weighted by Crippen LogP contribution is 2.20. The highest BCUT2D eigenvalue weighted by Gasteiger charge is 2.15. The monoisotopic (exact) mass is 335 g/mol. The summed E-state index contributed by atoms with van der Waals surface area (Å²) in [6, 6.07) is 22.5. The molecule has 0 heterocycles. The maximum Gasteiger partial charge on any atom is 0.255 e. The summed E-state index contributed by atoms with van der Waals surface area (Å²) < 4.78 is 0. The number of para-hydroxylation sites is 1. The average molecular weight is 336 g/mol. The van der Waals surface area contributed by atoms with Crippen LogP contribution in [0.3, 0.4) is 0 Å². The molecule has 3 aromatic carbocycles. The predicted molar refractivity (Wildman–Crippen MR) is 95.7 cm³/mol. The number of nitrogens with one attached hydrogen (secondary N) is 1. The van der Waals surface area contributed by atoms with Gasteiger partial charge in [-0.05, 0) is 36.4 Å². The number of ketones is 1. The SMILES string of the molecule is O=C(Nc1ccccc1C(=O)c1ccccc1)c1ccc(Cl)cc1. The molecule has 0 aliphatic heterocycles. The molecule has 0 unspecified atom stereocenters. The Balaban J connectivity index is 1.88. The predicted octanol–water partition coefficient (Wildman–Crippen LogP) is 4.82. The summed E-state index contributed by atoms with van der Waals surface area (Å²) in [5, 5.41) is 3.36. The van der Waals surface area contributed by atoms with Gasteiger partial charge in [-0.15, -0.1) is 0 Å². The number of rotatable bonds is 4. The van der Waals surface area contributed by atoms with Crippen LogP contribution in [0.1, 0.15) is 26.3 Å². The van der Waals surface area contributed by atoms with Gasteiger partial charge in [-0.1, -0.05) is 54.1 Å². The smallest absolute Gasteiger partial charge is 0.255 e. The summed E-state index contributed by atoms with van der Waals surface area (Å²) in [5.41, 5.74) is 1.98. The number of amides is 1. The fraction of sp³-hybridized carbons (Fsp3) is 0. The Kier molecular flexibility index (Phi) is 4.73. The van der Waals surface area contributed by atoms with Crippen molar-refractivity contribution >= 4 is 29.0 Å². The van der Waals surface area contributed by atoms with Crippen molar-refractivity contribution in [2.24, 2.45) is 0 Å². The minimum Gasteiger partial charge on any atom is -0.321 e. The quantitative estimate of drug-likeness (QED) is 0.694. The van der Waals surface area contributed by atoms with Crippen LogP contribution >= 0.6 is 11.6 Å². The molecule has 0 aliphatic rings. The molecule has 0 bridgehead atoms. The fourth-order valence-electron chi connectivity index (χ4n) is 2.33. The first-order chi connectivity index (χ1) is 11.6. The minimum absolute atomic E-state index is 0.136. The van der Waals surface area contributed by atoms with Gasteiger partial charge < -0.3 is 5.32 Å². The lowest BCUT2D eigenvalue weighted by Crippen LogP contribution is -2.15. The van der Waals surface area contributed by atoms with Gasteiger partial charge in [-0.25, -0.2) is 0 Å². The first kappa shape index (κ1) is 16.0. The third-order valence-electron chi connectivity index (χ3n) is 3.56. The molecule has 3 rings (SSSR count). The van der Waals surface area contributed by atoms with Gasteiger partial charge in [0.05, 0.1) is 5.69 Å². The lowest BCUT2D eigenvalue weighted by molar-refractivity contribution is 0.102. The Morgan fingerprint density at radius 3 is 2.04 bits per heavy atom. The number of carbonyl (C=O) groups excluding carboxylic acids is 2. The molecular formula is C20H14ClNO2. The first-order valence-corrected chi connectivity index (χ1v) is 7.78. The Bertz CT molecular complexity index is 874. The third-order valence-corrected chi connectivity index (χ3v) is 3.81. The summed E-state index contributed by atoms with van der Waals surface area (Å²) in [4.78, 5) is 25.0. The molecule has 1 N–H and O–H groups in total. The van der Waals surface area contributed by atoms with Gasteiger partial charge in [0.25, 0.3) is 5.91 Å². The molecule has 0 radical (unpaired) electrons. The van der Waals surface area contributed by atoms with E-state index in [1.54, 1.807) is 60.7 Å². The van der Waals surface area contributed by atoms with E-state index in [9.17, 15) is 9.59 Å². The fourth-order valence-corrected chi connectivity index (χ4v) is 2.46. The Morgan fingerprint density at radius 2 is 1.33 bits per heavy atom. The van der Waals surface area contributed by atoms with E-state index < -0.39 is 0 Å². The van der Waals surface area contributed by atoms with Gasteiger partial charge in [0.15, 0.2) is 5.78 Å². The molecule has 1 amide bonds. The Morgan fingerprint density at radius 1 is 0.708 bits per heavy atom. The van der Waals surface area contributed by atoms with Crippen molar-refractivity contribution in [3.63, 3.8) is 0 Å². The normalized spacial score (nSPS) is 10.2. The topological polar surface area (TPSA) is 46.2 Å². The van der Waals surface area contributed by atoms with Crippen molar-refractivity contribution in [2.45, 2.75) is 0 Å². The highest BCUT2D eigenvalue weighted by molar-refractivity contribution is 6.30. The van der Waals surface area contributed by atoms with Crippen LogP contribution in [0.15, 0.2) is 78.9 Å². The summed E-state index contributed by atoms with van der Waals surface area (Å²) in [6.45, 7) is 0. The van der Waals surface area contributed by atoms with Crippen molar-refractivity contribution < 1.29 is 9.59 Å². The summed E-state index contributed by atoms with van der Waals surface area (Å²) in [7, 11) is 0. The number of benzene rings is 3. The van der Waals surface area contributed by atoms with Crippen LogP contribution in [0.4, 0.5) is 5.69 Å². The van der Waals surface area contributed by atoms with Crippen LogP contribution in [-0.2, 0) is 0 Å². The number of carbonyl (C=O) groups is 2. The first-order valence-electron chi connectivity index (χ1n) is 7.41. The van der Waals surface area contributed by atoms with Crippen LogP contribution in [0.25, 0.3) is 0 Å². The van der Waals surface area contributed by atoms with Crippen LogP contribution in [-0.4, -0.2) is 11.7 Å². The second kappa shape index (κ2) is 7.11. The molecule has 0 saturated carbocycles. The van der Waals surface area contributed by atoms with Crippen molar-refractivity contribution in [3.8, 4) is 0 Å². The van der Waals surface area contributed by atoms with E-state index in [-0.39, 0.29) is 11.7 Å². The van der Waals surface area contributed by atoms with E-state index >= 15 is 0 Å². The van der Waals surface area contributed by atoms with Crippen molar-refractivity contribution in [1.29, 1.82) is 0 Å². The van der Waals surface area contributed by atoms with Crippen molar-refractivity contribution in [1.82, 2.24) is 0 Å². The second-order valence-corrected chi connectivity index (χ2v) is 5.64. The van der Waals surface area contributed by atoms with Crippen molar-refractivity contribution in [2.75, 3.05) is 5.32 Å². The average Bonchev–Trinajstić information content (AvgIpc) is 2.63. The molecule has 0 aliphatic carbocycles. The molecule has 118 valence electrons. The van der Waals surface area contributed by atoms with Crippen LogP contribution in [0.2, 0.25) is 5.02 Å². The van der Waals surface area contributed by atoms with Crippen molar-refractivity contribution in [3.05, 3.63) is 101 Å². The zero-order chi connectivity index (χ0) is 16.9. The number of hydrogen-bond acceptors (Lipinski definition) is 2. The highest BCUT2D eigenvalue weighted by atomic mass is 35.5. The summed E-state index contributed by atoms with van der Waals surface area (Å²) in [5.74, 6) is -0.428. The molecule has 24 heavy (non-hydrogen) atoms. The standard InChI is InChI=1S/C20H14ClNO2/c21-16-12-10-15(11-13-16)20(24)22-18-9-5-4-8-17(18)19(23)14-6-2-1-3-7-14/h1-13H,(H,22,24). The van der Waals surface area contributed by atoms with Crippen LogP contribution in [0.5, 0.6) is 0 Å². The van der Waals surface area contributed by atoms with E-state index in [0.29, 0.717) is 27.4 Å². The third kappa shape index (κ3) is 3.53. The van der Waals surface area contributed by atoms with E-state index in [1.807, 2.05) is 18.2 Å². The molecule has 4 heteroatoms. The van der Waals surface area contributed by atoms with Crippen LogP contribution < -0.4 is 5.32 Å². The zero-order valence-corrected chi connectivity index (χ0v) is 13.5. The molecule has 0 fully saturated rings. The van der Waals surface area contributed by atoms with Gasteiger partial charge >= 0.3 is 0 Å². The Labute approximate surface area is 144 Å². The molecule has 0 atom stereocenters. The van der Waals surface area contributed by atoms with Crippen LogP contribution in [0, 0.1) is 0 Å². The molecule has 0 spiro atoms. The molecule has 0 aromatic heterocycles. The zero-order valence-electron chi connectivity index (χ0n) is 12.7. The molecule has 3 aromatic rings. The maximum absolute atomic E-state index is 12.7. The second-order valence-electron chi connectivity index (χ2n) is 5.20. The summed E-state index contributed by atoms with van der Waals surface area (Å²) >= 11 is 5.83. The maximum atomic E-state index is 12.7. The summed E-state index contributed by atoms with van der Waals surface area (Å²) in [6.07, 6.45) is 0. The Hall–Kier alpha value is -2.91.